The molecule has 112 valence electrons. The minimum absolute atomic E-state index is 2.50. The van der Waals surface area contributed by atoms with E-state index in [1.807, 2.05) is 0 Å². The first kappa shape index (κ1) is 19.9. The molecule has 0 heterocycles. The van der Waals surface area contributed by atoms with Gasteiger partial charge >= 0.3 is 0 Å². The summed E-state index contributed by atoms with van der Waals surface area (Å²) in [4.78, 5) is 0. The summed E-state index contributed by atoms with van der Waals surface area (Å²) in [5.41, 5.74) is 0. The van der Waals surface area contributed by atoms with Gasteiger partial charge in [0, 0.05) is 166 Å². The predicted octanol–water partition coefficient (Wildman–Crippen LogP) is 0.0476. The smallest absolute Gasteiger partial charge is 0 e. The molecular formula is C28. The summed E-state index contributed by atoms with van der Waals surface area (Å²) in [5.74, 6) is 70.0. The molecule has 0 aliphatic heterocycles. The van der Waals surface area contributed by atoms with Crippen LogP contribution in [0, 0.1) is 166 Å². The molecule has 0 amide bonds. The molecule has 0 atom stereocenters. The number of hydrogen-bond acceptors (Lipinski definition) is 0. The van der Waals surface area contributed by atoms with Gasteiger partial charge in [-0.3, -0.25) is 0 Å². The number of rotatable bonds is 0. The van der Waals surface area contributed by atoms with Crippen LogP contribution < -0.4 is 0 Å². The maximum absolute atomic E-state index is 2.50. The summed E-state index contributed by atoms with van der Waals surface area (Å²) < 4.78 is 0. The van der Waals surface area contributed by atoms with Crippen molar-refractivity contribution in [2.45, 2.75) is 0 Å². The topological polar surface area (TPSA) is 0 Å². The van der Waals surface area contributed by atoms with Crippen molar-refractivity contribution in [1.29, 1.82) is 0 Å². The Balaban J connectivity index is 3.00. The molecule has 0 bridgehead atoms. The molecule has 0 aromatic rings. The van der Waals surface area contributed by atoms with E-state index < -0.39 is 0 Å². The summed E-state index contributed by atoms with van der Waals surface area (Å²) in [7, 11) is 0. The van der Waals surface area contributed by atoms with Crippen LogP contribution in [0.25, 0.3) is 0 Å². The molecule has 0 aromatic carbocycles. The largest absolute Gasteiger partial charge is 0 e. The molecule has 0 spiro atoms. The van der Waals surface area contributed by atoms with E-state index in [-0.39, 0.29) is 0 Å². The van der Waals surface area contributed by atoms with Crippen molar-refractivity contribution in [1.82, 2.24) is 0 Å². The highest BCUT2D eigenvalue weighted by Gasteiger charge is 1.60. The van der Waals surface area contributed by atoms with Crippen LogP contribution in [0.5, 0.6) is 0 Å². The van der Waals surface area contributed by atoms with Crippen molar-refractivity contribution >= 4 is 0 Å². The van der Waals surface area contributed by atoms with Gasteiger partial charge in [0.05, 0.1) is 0 Å². The van der Waals surface area contributed by atoms with E-state index in [9.17, 15) is 0 Å². The highest BCUT2D eigenvalue weighted by atomic mass is 13.6. The Kier molecular flexibility index (Phi) is 12.2. The predicted molar refractivity (Wildman–Crippen MR) is 109 cm³/mol. The standard InChI is InChI=1S/C28/c1-2-4-6-8-10-12-14-16-18-20-22-24-26-28-27-25-23-21-19-17-15-13-11-9-7-5-3-1. The minimum atomic E-state index is 2.50. The van der Waals surface area contributed by atoms with Crippen LogP contribution in [-0.4, -0.2) is 0 Å². The van der Waals surface area contributed by atoms with Crippen molar-refractivity contribution in [3.8, 4) is 166 Å². The molecule has 0 radical (unpaired) electrons. The van der Waals surface area contributed by atoms with Gasteiger partial charge in [-0.25, -0.2) is 0 Å². The lowest BCUT2D eigenvalue weighted by Gasteiger charge is -1.58. The second-order valence-electron chi connectivity index (χ2n) is 3.50. The zero-order valence-electron chi connectivity index (χ0n) is 14.0. The molecule has 0 fully saturated rings. The zero-order valence-corrected chi connectivity index (χ0v) is 14.0. The van der Waals surface area contributed by atoms with Crippen LogP contribution in [0.4, 0.5) is 0 Å². The molecule has 0 unspecified atom stereocenters. The van der Waals surface area contributed by atoms with Gasteiger partial charge < -0.3 is 0 Å². The van der Waals surface area contributed by atoms with E-state index in [1.165, 1.54) is 0 Å². The third kappa shape index (κ3) is 14.8. The summed E-state index contributed by atoms with van der Waals surface area (Å²) in [5, 5.41) is 0. The van der Waals surface area contributed by atoms with Gasteiger partial charge in [0.1, 0.15) is 0 Å². The Hall–Kier alpha value is -6.16. The second kappa shape index (κ2) is 17.2. The third-order valence-electron chi connectivity index (χ3n) is 1.75. The van der Waals surface area contributed by atoms with E-state index >= 15 is 0 Å². The lowest BCUT2D eigenvalue weighted by atomic mass is 10.4. The molecule has 0 saturated heterocycles. The zero-order chi connectivity index (χ0) is 19.8. The first-order valence-electron chi connectivity index (χ1n) is 7.00. The molecule has 0 aromatic heterocycles. The molecule has 1 aliphatic carbocycles. The molecule has 0 nitrogen and oxygen atoms in total. The second-order valence-corrected chi connectivity index (χ2v) is 3.50. The summed E-state index contributed by atoms with van der Waals surface area (Å²) in [6, 6.07) is 0. The average molecular weight is 336 g/mol. The van der Waals surface area contributed by atoms with Crippen LogP contribution >= 0.6 is 0 Å². The van der Waals surface area contributed by atoms with Crippen molar-refractivity contribution in [2.24, 2.45) is 0 Å². The Morgan fingerprint density at radius 2 is 0.107 bits per heavy atom. The third-order valence-corrected chi connectivity index (χ3v) is 1.75. The Labute approximate surface area is 166 Å². The molecule has 28 heavy (non-hydrogen) atoms. The van der Waals surface area contributed by atoms with Gasteiger partial charge in [0.2, 0.25) is 0 Å². The van der Waals surface area contributed by atoms with Gasteiger partial charge in [-0.1, -0.05) is 0 Å². The molecule has 0 N–H and O–H groups in total. The van der Waals surface area contributed by atoms with Crippen LogP contribution in [0.1, 0.15) is 0 Å². The van der Waals surface area contributed by atoms with Crippen LogP contribution in [-0.2, 0) is 0 Å². The summed E-state index contributed by atoms with van der Waals surface area (Å²) in [6.07, 6.45) is 0. The van der Waals surface area contributed by atoms with E-state index in [0.29, 0.717) is 0 Å². The molecule has 0 saturated carbocycles. The van der Waals surface area contributed by atoms with Crippen molar-refractivity contribution < 1.29 is 0 Å². The quantitative estimate of drug-likeness (QED) is 0.549. The van der Waals surface area contributed by atoms with Crippen molar-refractivity contribution in [2.75, 3.05) is 0 Å². The van der Waals surface area contributed by atoms with Crippen LogP contribution in [0.15, 0.2) is 0 Å². The van der Waals surface area contributed by atoms with Crippen LogP contribution in [0.3, 0.4) is 0 Å². The van der Waals surface area contributed by atoms with E-state index in [0.717, 1.165) is 0 Å². The first-order valence-corrected chi connectivity index (χ1v) is 7.00. The molecule has 0 heteroatoms. The van der Waals surface area contributed by atoms with Gasteiger partial charge in [-0.2, -0.15) is 0 Å². The maximum Gasteiger partial charge on any atom is 0 e. The fourth-order valence-electron chi connectivity index (χ4n) is 0.875. The van der Waals surface area contributed by atoms with Crippen molar-refractivity contribution in [3.05, 3.63) is 0 Å². The molecule has 1 rings (SSSR count). The van der Waals surface area contributed by atoms with E-state index in [2.05, 4.69) is 166 Å². The minimum Gasteiger partial charge on any atom is 0 e. The normalized spacial score (nSPS) is 8.00. The van der Waals surface area contributed by atoms with Gasteiger partial charge in [-0.15, -0.1) is 0 Å². The van der Waals surface area contributed by atoms with Gasteiger partial charge in [-0.05, 0) is 0 Å². The Morgan fingerprint density at radius 1 is 0.0714 bits per heavy atom. The van der Waals surface area contributed by atoms with Gasteiger partial charge in [0.25, 0.3) is 0 Å². The Bertz CT molecular complexity index is 995. The lowest BCUT2D eigenvalue weighted by molar-refractivity contribution is 2.31. The van der Waals surface area contributed by atoms with Crippen LogP contribution in [0.2, 0.25) is 0 Å². The Morgan fingerprint density at radius 3 is 0.143 bits per heavy atom. The molecule has 1 aliphatic rings. The average Bonchev–Trinajstić information content (AvgIpc) is 2.71. The summed E-state index contributed by atoms with van der Waals surface area (Å²) >= 11 is 0. The maximum atomic E-state index is 2.50. The highest BCUT2D eigenvalue weighted by Crippen LogP contribution is 1.60. The van der Waals surface area contributed by atoms with E-state index in [4.69, 9.17) is 0 Å². The summed E-state index contributed by atoms with van der Waals surface area (Å²) in [6.45, 7) is 0. The van der Waals surface area contributed by atoms with E-state index in [1.54, 1.807) is 0 Å². The fraction of sp³-hybridized carbons (Fsp3) is 0. The highest BCUT2D eigenvalue weighted by molar-refractivity contribution is 5.49. The molecular weight excluding hydrogens is 336 g/mol. The number of hydrogen-bond donors (Lipinski definition) is 0. The van der Waals surface area contributed by atoms with Gasteiger partial charge in [0.15, 0.2) is 0 Å². The fourth-order valence-corrected chi connectivity index (χ4v) is 0.875. The monoisotopic (exact) mass is 336 g/mol. The first-order chi connectivity index (χ1) is 14.0. The lowest BCUT2D eigenvalue weighted by Crippen LogP contribution is -1.57. The SMILES string of the molecule is C1#CC#CC#CC#CC#CC#CC#CC#CC#CC#CC#CC#CC#CC#C1. The van der Waals surface area contributed by atoms with Crippen molar-refractivity contribution in [3.63, 3.8) is 0 Å².